The summed E-state index contributed by atoms with van der Waals surface area (Å²) >= 11 is 0. The van der Waals surface area contributed by atoms with Crippen LogP contribution in [0.1, 0.15) is 33.6 Å². The number of hydrogen-bond acceptors (Lipinski definition) is 3. The number of aliphatic hydroxyl groups is 1. The van der Waals surface area contributed by atoms with Crippen LogP contribution < -0.4 is 0 Å². The molecule has 0 aromatic carbocycles. The molecule has 1 rings (SSSR count). The molecule has 1 aliphatic rings. The van der Waals surface area contributed by atoms with Gasteiger partial charge in [0.25, 0.3) is 0 Å². The lowest BCUT2D eigenvalue weighted by Crippen LogP contribution is -2.55. The van der Waals surface area contributed by atoms with Gasteiger partial charge in [0, 0.05) is 26.0 Å². The predicted octanol–water partition coefficient (Wildman–Crippen LogP) is 0.742. The van der Waals surface area contributed by atoms with Crippen molar-refractivity contribution in [1.82, 2.24) is 4.90 Å². The molecule has 1 aliphatic heterocycles. The van der Waals surface area contributed by atoms with Gasteiger partial charge in [-0.05, 0) is 20.8 Å². The molecule has 0 aliphatic carbocycles. The molecule has 4 heteroatoms. The third-order valence-corrected chi connectivity index (χ3v) is 2.82. The van der Waals surface area contributed by atoms with Crippen LogP contribution in [-0.4, -0.2) is 40.9 Å². The average Bonchev–Trinajstić information content (AvgIpc) is 2.45. The number of rotatable bonds is 4. The van der Waals surface area contributed by atoms with Crippen LogP contribution in [0.25, 0.3) is 0 Å². The van der Waals surface area contributed by atoms with Gasteiger partial charge in [-0.2, -0.15) is 0 Å². The number of carbonyl (C=O) groups is 1. The van der Waals surface area contributed by atoms with Crippen LogP contribution in [0.5, 0.6) is 0 Å². The Morgan fingerprint density at radius 2 is 2.29 bits per heavy atom. The maximum absolute atomic E-state index is 11.5. The van der Waals surface area contributed by atoms with Gasteiger partial charge >= 0.3 is 0 Å². The zero-order chi connectivity index (χ0) is 10.8. The topological polar surface area (TPSA) is 49.8 Å². The first-order chi connectivity index (χ1) is 6.58. The summed E-state index contributed by atoms with van der Waals surface area (Å²) in [6, 6.07) is 0. The molecule has 14 heavy (non-hydrogen) atoms. The SMILES string of the molecule is CCOC1(C(C)O)CCC(=O)N1CC. The Bertz CT molecular complexity index is 217. The van der Waals surface area contributed by atoms with Crippen LogP contribution in [-0.2, 0) is 9.53 Å². The first-order valence-corrected chi connectivity index (χ1v) is 5.21. The lowest BCUT2D eigenvalue weighted by atomic mass is 10.0. The largest absolute Gasteiger partial charge is 0.388 e. The molecular formula is C10H19NO3. The Morgan fingerprint density at radius 3 is 2.71 bits per heavy atom. The molecule has 1 fully saturated rings. The number of carbonyl (C=O) groups excluding carboxylic acids is 1. The second-order valence-corrected chi connectivity index (χ2v) is 3.59. The van der Waals surface area contributed by atoms with Crippen molar-refractivity contribution < 1.29 is 14.6 Å². The van der Waals surface area contributed by atoms with Crippen molar-refractivity contribution in [3.8, 4) is 0 Å². The zero-order valence-corrected chi connectivity index (χ0v) is 9.12. The van der Waals surface area contributed by atoms with Crippen LogP contribution in [0.4, 0.5) is 0 Å². The van der Waals surface area contributed by atoms with Crippen LogP contribution in [0.2, 0.25) is 0 Å². The van der Waals surface area contributed by atoms with E-state index in [9.17, 15) is 9.90 Å². The van der Waals surface area contributed by atoms with Gasteiger partial charge < -0.3 is 14.7 Å². The molecular weight excluding hydrogens is 182 g/mol. The van der Waals surface area contributed by atoms with Gasteiger partial charge in [0.1, 0.15) is 0 Å². The molecule has 4 nitrogen and oxygen atoms in total. The summed E-state index contributed by atoms with van der Waals surface area (Å²) in [5.74, 6) is 0.0712. The molecule has 0 radical (unpaired) electrons. The van der Waals surface area contributed by atoms with Crippen LogP contribution in [0.3, 0.4) is 0 Å². The van der Waals surface area contributed by atoms with E-state index in [1.54, 1.807) is 11.8 Å². The van der Waals surface area contributed by atoms with E-state index in [-0.39, 0.29) is 5.91 Å². The highest BCUT2D eigenvalue weighted by Gasteiger charge is 2.48. The van der Waals surface area contributed by atoms with E-state index < -0.39 is 11.8 Å². The third-order valence-electron chi connectivity index (χ3n) is 2.82. The lowest BCUT2D eigenvalue weighted by Gasteiger charge is -2.39. The Labute approximate surface area is 84.8 Å². The third kappa shape index (κ3) is 1.64. The molecule has 0 aromatic rings. The molecule has 1 heterocycles. The van der Waals surface area contributed by atoms with Gasteiger partial charge in [-0.15, -0.1) is 0 Å². The van der Waals surface area contributed by atoms with Gasteiger partial charge in [-0.3, -0.25) is 4.79 Å². The van der Waals surface area contributed by atoms with Crippen molar-refractivity contribution in [3.63, 3.8) is 0 Å². The normalized spacial score (nSPS) is 29.7. The van der Waals surface area contributed by atoms with Crippen LogP contribution in [0.15, 0.2) is 0 Å². The van der Waals surface area contributed by atoms with Crippen molar-refractivity contribution >= 4 is 5.91 Å². The van der Waals surface area contributed by atoms with Crippen molar-refractivity contribution in [2.24, 2.45) is 0 Å². The number of hydrogen-bond donors (Lipinski definition) is 1. The van der Waals surface area contributed by atoms with Crippen molar-refractivity contribution in [2.45, 2.75) is 45.4 Å². The van der Waals surface area contributed by atoms with Gasteiger partial charge in [0.15, 0.2) is 5.72 Å². The quantitative estimate of drug-likeness (QED) is 0.730. The molecule has 1 amide bonds. The second-order valence-electron chi connectivity index (χ2n) is 3.59. The highest BCUT2D eigenvalue weighted by molar-refractivity contribution is 5.79. The number of nitrogens with zero attached hydrogens (tertiary/aromatic N) is 1. The summed E-state index contributed by atoms with van der Waals surface area (Å²) in [5, 5.41) is 9.73. The van der Waals surface area contributed by atoms with Crippen molar-refractivity contribution in [3.05, 3.63) is 0 Å². The highest BCUT2D eigenvalue weighted by Crippen LogP contribution is 2.34. The van der Waals surface area contributed by atoms with E-state index in [2.05, 4.69) is 0 Å². The van der Waals surface area contributed by atoms with Gasteiger partial charge in [-0.25, -0.2) is 0 Å². The minimum absolute atomic E-state index is 0.0712. The number of likely N-dealkylation sites (N-methyl/N-ethyl adjacent to an activating group) is 1. The van der Waals surface area contributed by atoms with E-state index in [0.29, 0.717) is 26.0 Å². The van der Waals surface area contributed by atoms with E-state index in [4.69, 9.17) is 4.74 Å². The first kappa shape index (κ1) is 11.5. The smallest absolute Gasteiger partial charge is 0.225 e. The predicted molar refractivity (Wildman–Crippen MR) is 52.7 cm³/mol. The minimum Gasteiger partial charge on any atom is -0.388 e. The summed E-state index contributed by atoms with van der Waals surface area (Å²) in [6.45, 7) is 6.55. The fraction of sp³-hybridized carbons (Fsp3) is 0.900. The highest BCUT2D eigenvalue weighted by atomic mass is 16.5. The Kier molecular flexibility index (Phi) is 3.50. The summed E-state index contributed by atoms with van der Waals surface area (Å²) in [6.07, 6.45) is 0.415. The Balaban J connectivity index is 2.91. The average molecular weight is 201 g/mol. The summed E-state index contributed by atoms with van der Waals surface area (Å²) < 4.78 is 5.58. The Morgan fingerprint density at radius 1 is 1.64 bits per heavy atom. The summed E-state index contributed by atoms with van der Waals surface area (Å²) in [4.78, 5) is 13.2. The molecule has 1 N–H and O–H groups in total. The lowest BCUT2D eigenvalue weighted by molar-refractivity contribution is -0.193. The van der Waals surface area contributed by atoms with E-state index in [1.165, 1.54) is 0 Å². The molecule has 0 saturated carbocycles. The van der Waals surface area contributed by atoms with Gasteiger partial charge in [-0.1, -0.05) is 0 Å². The maximum atomic E-state index is 11.5. The van der Waals surface area contributed by atoms with E-state index in [0.717, 1.165) is 0 Å². The number of likely N-dealkylation sites (tertiary alicyclic amines) is 1. The van der Waals surface area contributed by atoms with Crippen molar-refractivity contribution in [1.29, 1.82) is 0 Å². The maximum Gasteiger partial charge on any atom is 0.225 e. The molecule has 2 unspecified atom stereocenters. The van der Waals surface area contributed by atoms with Crippen molar-refractivity contribution in [2.75, 3.05) is 13.2 Å². The molecule has 1 saturated heterocycles. The fourth-order valence-electron chi connectivity index (χ4n) is 2.17. The van der Waals surface area contributed by atoms with E-state index >= 15 is 0 Å². The molecule has 0 bridgehead atoms. The molecule has 2 atom stereocenters. The fourth-order valence-corrected chi connectivity index (χ4v) is 2.17. The standard InChI is InChI=1S/C10H19NO3/c1-4-11-9(13)6-7-10(11,8(3)12)14-5-2/h8,12H,4-7H2,1-3H3. The minimum atomic E-state index is -0.777. The van der Waals surface area contributed by atoms with Gasteiger partial charge in [0.2, 0.25) is 5.91 Å². The molecule has 0 spiro atoms. The monoisotopic (exact) mass is 201 g/mol. The van der Waals surface area contributed by atoms with Crippen LogP contribution in [0, 0.1) is 0 Å². The number of ether oxygens (including phenoxy) is 1. The Hall–Kier alpha value is -0.610. The zero-order valence-electron chi connectivity index (χ0n) is 9.12. The number of aliphatic hydroxyl groups excluding tert-OH is 1. The van der Waals surface area contributed by atoms with Crippen LogP contribution >= 0.6 is 0 Å². The summed E-state index contributed by atoms with van der Waals surface area (Å²) in [7, 11) is 0. The number of amides is 1. The van der Waals surface area contributed by atoms with E-state index in [1.807, 2.05) is 13.8 Å². The first-order valence-electron chi connectivity index (χ1n) is 5.21. The summed E-state index contributed by atoms with van der Waals surface area (Å²) in [5.41, 5.74) is -0.777. The van der Waals surface area contributed by atoms with Gasteiger partial charge in [0.05, 0.1) is 6.10 Å². The second kappa shape index (κ2) is 4.28. The molecule has 0 aromatic heterocycles. The molecule has 82 valence electrons.